The molecule has 21 heavy (non-hydrogen) atoms. The van der Waals surface area contributed by atoms with Crippen LogP contribution < -0.4 is 5.73 Å². The van der Waals surface area contributed by atoms with E-state index in [1.165, 1.54) is 44.2 Å². The zero-order valence-corrected chi connectivity index (χ0v) is 13.4. The predicted molar refractivity (Wildman–Crippen MR) is 85.1 cm³/mol. The molecule has 0 amide bonds. The van der Waals surface area contributed by atoms with Gasteiger partial charge in [0, 0.05) is 17.7 Å². The molecule has 118 valence electrons. The van der Waals surface area contributed by atoms with Crippen LogP contribution in [0, 0.1) is 11.7 Å². The molecular weight excluding hydrogens is 289 g/mol. The Hall–Kier alpha value is -0.640. The second-order valence-corrected chi connectivity index (χ2v) is 6.33. The summed E-state index contributed by atoms with van der Waals surface area (Å²) in [7, 11) is 0. The maximum Gasteiger partial charge on any atom is 0.124 e. The van der Waals surface area contributed by atoms with Crippen LogP contribution >= 0.6 is 11.6 Å². The number of hydrogen-bond acceptors (Lipinski definition) is 2. The number of nitrogens with two attached hydrogens (primary N) is 1. The monoisotopic (exact) mass is 313 g/mol. The molecule has 0 spiro atoms. The maximum absolute atomic E-state index is 13.1. The highest BCUT2D eigenvalue weighted by atomic mass is 35.5. The Balaban J connectivity index is 2.04. The van der Waals surface area contributed by atoms with Crippen molar-refractivity contribution in [2.45, 2.75) is 57.6 Å². The third kappa shape index (κ3) is 4.67. The summed E-state index contributed by atoms with van der Waals surface area (Å²) < 4.78 is 19.1. The highest BCUT2D eigenvalue weighted by Gasteiger charge is 2.29. The van der Waals surface area contributed by atoms with Crippen LogP contribution in [0.1, 0.15) is 44.6 Å². The molecule has 0 saturated heterocycles. The van der Waals surface area contributed by atoms with E-state index in [0.717, 1.165) is 5.56 Å². The highest BCUT2D eigenvalue weighted by Crippen LogP contribution is 2.30. The average molecular weight is 314 g/mol. The van der Waals surface area contributed by atoms with E-state index in [2.05, 4.69) is 0 Å². The van der Waals surface area contributed by atoms with E-state index in [-0.39, 0.29) is 18.0 Å². The first-order valence-electron chi connectivity index (χ1n) is 7.93. The summed E-state index contributed by atoms with van der Waals surface area (Å²) in [5.74, 6) is 0.221. The molecule has 2 unspecified atom stereocenters. The fraction of sp³-hybridized carbons (Fsp3) is 0.647. The first-order chi connectivity index (χ1) is 10.1. The highest BCUT2D eigenvalue weighted by molar-refractivity contribution is 6.31. The number of hydrogen-bond donors (Lipinski definition) is 1. The molecule has 1 aliphatic rings. The summed E-state index contributed by atoms with van der Waals surface area (Å²) in [6, 6.07) is 4.40. The molecule has 0 radical (unpaired) electrons. The standard InChI is InChI=1S/C17H25ClFNO/c1-2-21-17(12-6-4-3-5-7-12)16(20)10-13-8-9-14(19)11-15(13)18/h8-9,11-12,16-17H,2-7,10,20H2,1H3. The summed E-state index contributed by atoms with van der Waals surface area (Å²) in [6.45, 7) is 2.68. The van der Waals surface area contributed by atoms with Gasteiger partial charge in [0.15, 0.2) is 0 Å². The van der Waals surface area contributed by atoms with Crippen LogP contribution in [0.5, 0.6) is 0 Å². The fourth-order valence-corrected chi connectivity index (χ4v) is 3.57. The molecule has 1 aromatic rings. The fourth-order valence-electron chi connectivity index (χ4n) is 3.32. The first-order valence-corrected chi connectivity index (χ1v) is 8.30. The van der Waals surface area contributed by atoms with E-state index < -0.39 is 0 Å². The summed E-state index contributed by atoms with van der Waals surface area (Å²) in [5, 5.41) is 0.448. The predicted octanol–water partition coefficient (Wildman–Crippen LogP) is 4.33. The summed E-state index contributed by atoms with van der Waals surface area (Å²) in [6.07, 6.45) is 6.91. The molecule has 0 heterocycles. The molecule has 0 bridgehead atoms. The molecule has 2 N–H and O–H groups in total. The number of rotatable bonds is 6. The van der Waals surface area contributed by atoms with Crippen LogP contribution in [-0.2, 0) is 11.2 Å². The van der Waals surface area contributed by atoms with Gasteiger partial charge in [-0.15, -0.1) is 0 Å². The van der Waals surface area contributed by atoms with E-state index in [1.54, 1.807) is 6.07 Å². The van der Waals surface area contributed by atoms with Gasteiger partial charge in [0.2, 0.25) is 0 Å². The molecule has 4 heteroatoms. The van der Waals surface area contributed by atoms with Crippen LogP contribution in [0.25, 0.3) is 0 Å². The lowest BCUT2D eigenvalue weighted by atomic mass is 9.81. The maximum atomic E-state index is 13.1. The van der Waals surface area contributed by atoms with Gasteiger partial charge in [-0.2, -0.15) is 0 Å². The third-order valence-corrected chi connectivity index (χ3v) is 4.72. The summed E-state index contributed by atoms with van der Waals surface area (Å²) in [4.78, 5) is 0. The smallest absolute Gasteiger partial charge is 0.124 e. The summed E-state index contributed by atoms with van der Waals surface area (Å²) in [5.41, 5.74) is 7.29. The van der Waals surface area contributed by atoms with Crippen LogP contribution in [-0.4, -0.2) is 18.8 Å². The van der Waals surface area contributed by atoms with Gasteiger partial charge in [0.25, 0.3) is 0 Å². The Kier molecular flexibility index (Phi) is 6.46. The van der Waals surface area contributed by atoms with Crippen LogP contribution in [0.15, 0.2) is 18.2 Å². The van der Waals surface area contributed by atoms with Crippen molar-refractivity contribution >= 4 is 11.6 Å². The number of benzene rings is 1. The average Bonchev–Trinajstić information content (AvgIpc) is 2.48. The van der Waals surface area contributed by atoms with Gasteiger partial charge >= 0.3 is 0 Å². The second kappa shape index (κ2) is 8.11. The lowest BCUT2D eigenvalue weighted by Gasteiger charge is -2.34. The third-order valence-electron chi connectivity index (χ3n) is 4.37. The molecule has 0 aliphatic heterocycles. The molecule has 1 saturated carbocycles. The van der Waals surface area contributed by atoms with Crippen molar-refractivity contribution in [2.24, 2.45) is 11.7 Å². The Morgan fingerprint density at radius 3 is 2.67 bits per heavy atom. The number of halogens is 2. The van der Waals surface area contributed by atoms with E-state index in [0.29, 0.717) is 24.0 Å². The van der Waals surface area contributed by atoms with Gasteiger partial charge < -0.3 is 10.5 Å². The molecule has 1 fully saturated rings. The Morgan fingerprint density at radius 2 is 2.05 bits per heavy atom. The number of ether oxygens (including phenoxy) is 1. The molecule has 2 rings (SSSR count). The normalized spacial score (nSPS) is 19.4. The second-order valence-electron chi connectivity index (χ2n) is 5.92. The van der Waals surface area contributed by atoms with Gasteiger partial charge in [-0.25, -0.2) is 4.39 Å². The van der Waals surface area contributed by atoms with E-state index in [1.807, 2.05) is 6.92 Å². The van der Waals surface area contributed by atoms with Crippen LogP contribution in [0.2, 0.25) is 5.02 Å². The Labute approximate surface area is 131 Å². The van der Waals surface area contributed by atoms with Crippen molar-refractivity contribution in [3.05, 3.63) is 34.6 Å². The van der Waals surface area contributed by atoms with Gasteiger partial charge in [-0.3, -0.25) is 0 Å². The molecule has 1 aromatic carbocycles. The SMILES string of the molecule is CCOC(C(N)Cc1ccc(F)cc1Cl)C1CCCCC1. The Morgan fingerprint density at radius 1 is 1.33 bits per heavy atom. The topological polar surface area (TPSA) is 35.2 Å². The van der Waals surface area contributed by atoms with Crippen molar-refractivity contribution < 1.29 is 9.13 Å². The van der Waals surface area contributed by atoms with Crippen molar-refractivity contribution in [3.63, 3.8) is 0 Å². The lowest BCUT2D eigenvalue weighted by Crippen LogP contribution is -2.44. The minimum atomic E-state index is -0.314. The van der Waals surface area contributed by atoms with E-state index >= 15 is 0 Å². The van der Waals surface area contributed by atoms with E-state index in [4.69, 9.17) is 22.1 Å². The molecule has 2 nitrogen and oxygen atoms in total. The van der Waals surface area contributed by atoms with Gasteiger partial charge in [0.1, 0.15) is 5.82 Å². The van der Waals surface area contributed by atoms with Crippen LogP contribution in [0.4, 0.5) is 4.39 Å². The van der Waals surface area contributed by atoms with Gasteiger partial charge in [-0.05, 0) is 49.8 Å². The van der Waals surface area contributed by atoms with Gasteiger partial charge in [-0.1, -0.05) is 36.9 Å². The molecular formula is C17H25ClFNO. The molecule has 2 atom stereocenters. The minimum Gasteiger partial charge on any atom is -0.377 e. The van der Waals surface area contributed by atoms with Crippen molar-refractivity contribution in [1.82, 2.24) is 0 Å². The van der Waals surface area contributed by atoms with Crippen LogP contribution in [0.3, 0.4) is 0 Å². The van der Waals surface area contributed by atoms with E-state index in [9.17, 15) is 4.39 Å². The molecule has 1 aliphatic carbocycles. The molecule has 0 aromatic heterocycles. The van der Waals surface area contributed by atoms with Crippen molar-refractivity contribution in [3.8, 4) is 0 Å². The quantitative estimate of drug-likeness (QED) is 0.848. The zero-order chi connectivity index (χ0) is 15.2. The first kappa shape index (κ1) is 16.7. The van der Waals surface area contributed by atoms with Crippen molar-refractivity contribution in [1.29, 1.82) is 0 Å². The largest absolute Gasteiger partial charge is 0.377 e. The van der Waals surface area contributed by atoms with Crippen molar-refractivity contribution in [2.75, 3.05) is 6.61 Å². The summed E-state index contributed by atoms with van der Waals surface area (Å²) >= 11 is 6.10. The lowest BCUT2D eigenvalue weighted by molar-refractivity contribution is -0.00912. The Bertz CT molecular complexity index is 448. The minimum absolute atomic E-state index is 0.0661. The zero-order valence-electron chi connectivity index (χ0n) is 12.7. The van der Waals surface area contributed by atoms with Gasteiger partial charge in [0.05, 0.1) is 6.10 Å².